The Labute approximate surface area is 217 Å². The zero-order valence-electron chi connectivity index (χ0n) is 21.2. The van der Waals surface area contributed by atoms with Crippen molar-refractivity contribution < 1.29 is 19.1 Å². The topological polar surface area (TPSA) is 64.6 Å². The van der Waals surface area contributed by atoms with E-state index in [4.69, 9.17) is 9.47 Å². The fourth-order valence-electron chi connectivity index (χ4n) is 4.09. The second-order valence-electron chi connectivity index (χ2n) is 8.67. The molecule has 3 aromatic carbocycles. The fourth-order valence-corrected chi connectivity index (χ4v) is 4.09. The van der Waals surface area contributed by atoms with Gasteiger partial charge >= 0.3 is 11.9 Å². The predicted octanol–water partition coefficient (Wildman–Crippen LogP) is 5.56. The van der Waals surface area contributed by atoms with E-state index in [1.165, 1.54) is 0 Å². The average molecular weight is 492 g/mol. The Morgan fingerprint density at radius 1 is 0.811 bits per heavy atom. The van der Waals surface area contributed by atoms with E-state index in [1.807, 2.05) is 91.9 Å². The highest BCUT2D eigenvalue weighted by molar-refractivity contribution is 6.04. The van der Waals surface area contributed by atoms with Crippen molar-refractivity contribution in [1.82, 2.24) is 5.32 Å². The Morgan fingerprint density at radius 3 is 2.08 bits per heavy atom. The van der Waals surface area contributed by atoms with Crippen LogP contribution in [0.25, 0.3) is 5.70 Å². The third-order valence-electron chi connectivity index (χ3n) is 5.97. The predicted molar refractivity (Wildman–Crippen MR) is 144 cm³/mol. The molecule has 5 nitrogen and oxygen atoms in total. The highest BCUT2D eigenvalue weighted by atomic mass is 16.5. The molecule has 0 saturated heterocycles. The molecule has 1 N–H and O–H groups in total. The van der Waals surface area contributed by atoms with Gasteiger partial charge in [0, 0.05) is 11.3 Å². The molecule has 1 heterocycles. The third kappa shape index (κ3) is 6.17. The molecule has 5 heteroatoms. The first kappa shape index (κ1) is 25.5. The maximum absolute atomic E-state index is 13.7. The summed E-state index contributed by atoms with van der Waals surface area (Å²) in [7, 11) is 0. The molecule has 1 aliphatic heterocycles. The number of hydrogen-bond donors (Lipinski definition) is 1. The van der Waals surface area contributed by atoms with E-state index in [2.05, 4.69) is 17.2 Å². The smallest absolute Gasteiger partial charge is 0.338 e. The van der Waals surface area contributed by atoms with Crippen LogP contribution in [0.2, 0.25) is 0 Å². The van der Waals surface area contributed by atoms with Crippen molar-refractivity contribution in [2.24, 2.45) is 5.92 Å². The van der Waals surface area contributed by atoms with Crippen LogP contribution in [0, 0.1) is 24.7 Å². The van der Waals surface area contributed by atoms with Gasteiger partial charge < -0.3 is 14.8 Å². The van der Waals surface area contributed by atoms with Crippen LogP contribution < -0.4 is 5.32 Å². The van der Waals surface area contributed by atoms with Gasteiger partial charge in [0.15, 0.2) is 0 Å². The Bertz CT molecular complexity index is 1390. The number of carbonyl (C=O) groups is 2. The lowest BCUT2D eigenvalue weighted by Crippen LogP contribution is -2.33. The Hall–Kier alpha value is -4.56. The number of nitrogens with one attached hydrogen (secondary N) is 1. The van der Waals surface area contributed by atoms with Crippen molar-refractivity contribution in [2.75, 3.05) is 6.61 Å². The molecule has 1 unspecified atom stereocenters. The van der Waals surface area contributed by atoms with Crippen molar-refractivity contribution in [1.29, 1.82) is 0 Å². The monoisotopic (exact) mass is 491 g/mol. The molecular formula is C32H29NO4. The van der Waals surface area contributed by atoms with E-state index in [0.717, 1.165) is 22.3 Å². The van der Waals surface area contributed by atoms with E-state index in [9.17, 15) is 9.59 Å². The standard InChI is InChI=1S/C32H29NO4/c1-4-36-31(34)28-23(3)33-30(26-13-9-6-10-14-26)29(27(28)20-19-24-11-7-5-8-12-24)32(35)37-21-25-17-15-22(2)16-18-25/h5-18,27,33H,4,21H2,1-3H3. The van der Waals surface area contributed by atoms with Gasteiger partial charge in [0.25, 0.3) is 0 Å². The summed E-state index contributed by atoms with van der Waals surface area (Å²) in [6, 6.07) is 26.7. The first-order valence-electron chi connectivity index (χ1n) is 12.2. The lowest BCUT2D eigenvalue weighted by Gasteiger charge is -2.29. The van der Waals surface area contributed by atoms with E-state index >= 15 is 0 Å². The van der Waals surface area contributed by atoms with Crippen LogP contribution in [-0.4, -0.2) is 18.5 Å². The molecule has 0 fully saturated rings. The summed E-state index contributed by atoms with van der Waals surface area (Å²) in [6.45, 7) is 5.84. The maximum atomic E-state index is 13.7. The van der Waals surface area contributed by atoms with Crippen molar-refractivity contribution in [3.8, 4) is 11.8 Å². The van der Waals surface area contributed by atoms with Gasteiger partial charge in [-0.15, -0.1) is 0 Å². The number of ether oxygens (including phenoxy) is 2. The maximum Gasteiger partial charge on any atom is 0.338 e. The van der Waals surface area contributed by atoms with Crippen LogP contribution in [0.1, 0.15) is 36.1 Å². The summed E-state index contributed by atoms with van der Waals surface area (Å²) in [5.41, 5.74) is 5.27. The minimum absolute atomic E-state index is 0.0982. The van der Waals surface area contributed by atoms with Gasteiger partial charge in [-0.1, -0.05) is 90.2 Å². The summed E-state index contributed by atoms with van der Waals surface area (Å²) >= 11 is 0. The molecular weight excluding hydrogens is 462 g/mol. The van der Waals surface area contributed by atoms with Crippen LogP contribution in [0.3, 0.4) is 0 Å². The molecule has 186 valence electrons. The van der Waals surface area contributed by atoms with Gasteiger partial charge in [-0.3, -0.25) is 0 Å². The first-order chi connectivity index (χ1) is 18.0. The Kier molecular flexibility index (Phi) is 8.22. The molecule has 1 atom stereocenters. The highest BCUT2D eigenvalue weighted by Crippen LogP contribution is 2.35. The largest absolute Gasteiger partial charge is 0.463 e. The van der Waals surface area contributed by atoms with Gasteiger partial charge in [0.1, 0.15) is 6.61 Å². The molecule has 0 saturated carbocycles. The number of esters is 2. The van der Waals surface area contributed by atoms with E-state index in [-0.39, 0.29) is 18.8 Å². The number of allylic oxidation sites excluding steroid dienone is 1. The highest BCUT2D eigenvalue weighted by Gasteiger charge is 2.37. The molecule has 0 spiro atoms. The summed E-state index contributed by atoms with van der Waals surface area (Å²) < 4.78 is 11.1. The lowest BCUT2D eigenvalue weighted by molar-refractivity contribution is -0.140. The second kappa shape index (κ2) is 11.9. The summed E-state index contributed by atoms with van der Waals surface area (Å²) in [5.74, 6) is 4.41. The van der Waals surface area contributed by atoms with Gasteiger partial charge in [0.05, 0.1) is 29.4 Å². The van der Waals surface area contributed by atoms with Crippen LogP contribution in [0.5, 0.6) is 0 Å². The molecule has 0 bridgehead atoms. The quantitative estimate of drug-likeness (QED) is 0.361. The molecule has 0 radical (unpaired) electrons. The van der Waals surface area contributed by atoms with Crippen molar-refractivity contribution in [3.63, 3.8) is 0 Å². The zero-order chi connectivity index (χ0) is 26.2. The minimum atomic E-state index is -0.846. The number of dihydropyridines is 1. The molecule has 0 aliphatic carbocycles. The minimum Gasteiger partial charge on any atom is -0.463 e. The van der Waals surface area contributed by atoms with Gasteiger partial charge in [-0.25, -0.2) is 9.59 Å². The number of carbonyl (C=O) groups excluding carboxylic acids is 2. The molecule has 0 amide bonds. The number of aryl methyl sites for hydroxylation is 1. The van der Waals surface area contributed by atoms with Gasteiger partial charge in [0.2, 0.25) is 0 Å². The summed E-state index contributed by atoms with van der Waals surface area (Å²) in [6.07, 6.45) is 0. The van der Waals surface area contributed by atoms with E-state index in [0.29, 0.717) is 17.0 Å². The number of hydrogen-bond acceptors (Lipinski definition) is 5. The van der Waals surface area contributed by atoms with Crippen LogP contribution >= 0.6 is 0 Å². The number of rotatable bonds is 6. The van der Waals surface area contributed by atoms with Gasteiger partial charge in [-0.2, -0.15) is 0 Å². The van der Waals surface area contributed by atoms with E-state index < -0.39 is 17.9 Å². The lowest BCUT2D eigenvalue weighted by atomic mass is 9.84. The van der Waals surface area contributed by atoms with Crippen LogP contribution in [0.15, 0.2) is 102 Å². The molecule has 0 aromatic heterocycles. The average Bonchev–Trinajstić information content (AvgIpc) is 2.92. The zero-order valence-corrected chi connectivity index (χ0v) is 21.2. The van der Waals surface area contributed by atoms with Crippen LogP contribution in [-0.2, 0) is 25.7 Å². The molecule has 4 rings (SSSR count). The van der Waals surface area contributed by atoms with Crippen LogP contribution in [0.4, 0.5) is 0 Å². The van der Waals surface area contributed by atoms with Crippen molar-refractivity contribution in [3.05, 3.63) is 124 Å². The first-order valence-corrected chi connectivity index (χ1v) is 12.2. The van der Waals surface area contributed by atoms with Crippen molar-refractivity contribution in [2.45, 2.75) is 27.4 Å². The normalized spacial score (nSPS) is 14.8. The SMILES string of the molecule is CCOC(=O)C1=C(C)NC(c2ccccc2)=C(C(=O)OCc2ccc(C)cc2)C1C#Cc1ccccc1. The molecule has 3 aromatic rings. The summed E-state index contributed by atoms with van der Waals surface area (Å²) in [5, 5.41) is 3.28. The Morgan fingerprint density at radius 2 is 1.43 bits per heavy atom. The van der Waals surface area contributed by atoms with Gasteiger partial charge in [-0.05, 0) is 44.0 Å². The molecule has 1 aliphatic rings. The number of benzene rings is 3. The fraction of sp³-hybridized carbons (Fsp3) is 0.188. The van der Waals surface area contributed by atoms with Crippen molar-refractivity contribution >= 4 is 17.6 Å². The summed E-state index contributed by atoms with van der Waals surface area (Å²) in [4.78, 5) is 26.8. The van der Waals surface area contributed by atoms with E-state index in [1.54, 1.807) is 13.8 Å². The second-order valence-corrected chi connectivity index (χ2v) is 8.67. The Balaban J connectivity index is 1.81. The molecule has 37 heavy (non-hydrogen) atoms. The third-order valence-corrected chi connectivity index (χ3v) is 5.97.